The van der Waals surface area contributed by atoms with E-state index in [0.717, 1.165) is 11.3 Å². The molecule has 0 aliphatic carbocycles. The fraction of sp³-hybridized carbons (Fsp3) is 0.0667. The highest BCUT2D eigenvalue weighted by atomic mass is 16.1. The van der Waals surface area contributed by atoms with Crippen molar-refractivity contribution in [3.63, 3.8) is 0 Å². The minimum absolute atomic E-state index is 0.0951. The Bertz CT molecular complexity index is 732. The SMILES string of the molecule is Cc1ccc(C(=O)c2nnn(-c3ccccc3)n2)cc1. The van der Waals surface area contributed by atoms with Gasteiger partial charge in [0.15, 0.2) is 0 Å². The summed E-state index contributed by atoms with van der Waals surface area (Å²) in [6.45, 7) is 1.97. The summed E-state index contributed by atoms with van der Waals surface area (Å²) in [5.74, 6) is -0.134. The Balaban J connectivity index is 1.90. The average molecular weight is 264 g/mol. The first kappa shape index (κ1) is 12.2. The van der Waals surface area contributed by atoms with E-state index < -0.39 is 0 Å². The minimum Gasteiger partial charge on any atom is -0.285 e. The first-order valence-electron chi connectivity index (χ1n) is 6.21. The van der Waals surface area contributed by atoms with Crippen LogP contribution in [0.5, 0.6) is 0 Å². The number of carbonyl (C=O) groups excluding carboxylic acids is 1. The third-order valence-electron chi connectivity index (χ3n) is 2.92. The molecule has 0 bridgehead atoms. The molecule has 0 spiro atoms. The van der Waals surface area contributed by atoms with E-state index in [-0.39, 0.29) is 11.6 Å². The maximum absolute atomic E-state index is 12.2. The number of rotatable bonds is 3. The number of para-hydroxylation sites is 1. The zero-order valence-electron chi connectivity index (χ0n) is 10.9. The molecule has 1 aromatic heterocycles. The zero-order chi connectivity index (χ0) is 13.9. The summed E-state index contributed by atoms with van der Waals surface area (Å²) >= 11 is 0. The lowest BCUT2D eigenvalue weighted by Crippen LogP contribution is -2.05. The van der Waals surface area contributed by atoms with E-state index in [2.05, 4.69) is 15.4 Å². The second kappa shape index (κ2) is 5.05. The van der Waals surface area contributed by atoms with Crippen molar-refractivity contribution in [2.45, 2.75) is 6.92 Å². The predicted octanol–water partition coefficient (Wildman–Crippen LogP) is 2.20. The lowest BCUT2D eigenvalue weighted by molar-refractivity contribution is 0.102. The van der Waals surface area contributed by atoms with Crippen LogP contribution in [0.25, 0.3) is 5.69 Å². The van der Waals surface area contributed by atoms with Crippen molar-refractivity contribution in [3.8, 4) is 5.69 Å². The monoisotopic (exact) mass is 264 g/mol. The molecule has 2 aromatic carbocycles. The molecule has 1 heterocycles. The third kappa shape index (κ3) is 2.33. The fourth-order valence-electron chi connectivity index (χ4n) is 1.81. The van der Waals surface area contributed by atoms with Crippen LogP contribution in [0.1, 0.15) is 21.7 Å². The highest BCUT2D eigenvalue weighted by molar-refractivity contribution is 6.06. The van der Waals surface area contributed by atoms with Crippen LogP contribution in [0.2, 0.25) is 0 Å². The van der Waals surface area contributed by atoms with Crippen LogP contribution in [-0.4, -0.2) is 26.0 Å². The van der Waals surface area contributed by atoms with Crippen LogP contribution in [0.3, 0.4) is 0 Å². The van der Waals surface area contributed by atoms with Gasteiger partial charge in [0.05, 0.1) is 5.69 Å². The number of hydrogen-bond acceptors (Lipinski definition) is 4. The topological polar surface area (TPSA) is 60.7 Å². The molecular weight excluding hydrogens is 252 g/mol. The van der Waals surface area contributed by atoms with Gasteiger partial charge in [-0.15, -0.1) is 15.0 Å². The van der Waals surface area contributed by atoms with Crippen LogP contribution >= 0.6 is 0 Å². The van der Waals surface area contributed by atoms with E-state index in [0.29, 0.717) is 5.56 Å². The summed E-state index contributed by atoms with van der Waals surface area (Å²) in [7, 11) is 0. The summed E-state index contributed by atoms with van der Waals surface area (Å²) in [5.41, 5.74) is 2.42. The largest absolute Gasteiger partial charge is 0.285 e. The molecule has 0 radical (unpaired) electrons. The van der Waals surface area contributed by atoms with Gasteiger partial charge >= 0.3 is 0 Å². The first-order chi connectivity index (χ1) is 9.74. The van der Waals surface area contributed by atoms with Gasteiger partial charge in [-0.25, -0.2) is 0 Å². The zero-order valence-corrected chi connectivity index (χ0v) is 10.9. The molecule has 98 valence electrons. The molecule has 0 fully saturated rings. The van der Waals surface area contributed by atoms with Crippen LogP contribution in [0, 0.1) is 6.92 Å². The highest BCUT2D eigenvalue weighted by Crippen LogP contribution is 2.08. The number of ketones is 1. The molecule has 0 saturated carbocycles. The maximum atomic E-state index is 12.2. The van der Waals surface area contributed by atoms with Crippen molar-refractivity contribution >= 4 is 5.78 Å². The van der Waals surface area contributed by atoms with Gasteiger partial charge in [-0.2, -0.15) is 0 Å². The molecule has 5 heteroatoms. The van der Waals surface area contributed by atoms with Crippen molar-refractivity contribution in [1.29, 1.82) is 0 Å². The Morgan fingerprint density at radius 1 is 1.00 bits per heavy atom. The molecule has 5 nitrogen and oxygen atoms in total. The van der Waals surface area contributed by atoms with E-state index >= 15 is 0 Å². The molecule has 20 heavy (non-hydrogen) atoms. The number of benzene rings is 2. The number of carbonyl (C=O) groups is 1. The van der Waals surface area contributed by atoms with Gasteiger partial charge in [-0.1, -0.05) is 48.0 Å². The molecule has 0 unspecified atom stereocenters. The number of tetrazole rings is 1. The second-order valence-electron chi connectivity index (χ2n) is 4.43. The predicted molar refractivity (Wildman–Crippen MR) is 73.8 cm³/mol. The van der Waals surface area contributed by atoms with Crippen molar-refractivity contribution in [2.75, 3.05) is 0 Å². The molecule has 0 aliphatic heterocycles. The van der Waals surface area contributed by atoms with Crippen LogP contribution < -0.4 is 0 Å². The number of aromatic nitrogens is 4. The summed E-state index contributed by atoms with van der Waals surface area (Å²) in [6, 6.07) is 16.6. The standard InChI is InChI=1S/C15H12N4O/c1-11-7-9-12(10-8-11)14(20)15-16-18-19(17-15)13-5-3-2-4-6-13/h2-10H,1H3. The van der Waals surface area contributed by atoms with Gasteiger partial charge in [0.2, 0.25) is 11.6 Å². The van der Waals surface area contributed by atoms with Gasteiger partial charge in [-0.3, -0.25) is 4.79 Å². The van der Waals surface area contributed by atoms with Crippen molar-refractivity contribution in [3.05, 3.63) is 71.5 Å². The van der Waals surface area contributed by atoms with Gasteiger partial charge in [0, 0.05) is 5.56 Å². The van der Waals surface area contributed by atoms with E-state index in [1.165, 1.54) is 4.80 Å². The quantitative estimate of drug-likeness (QED) is 0.680. The minimum atomic E-state index is -0.229. The third-order valence-corrected chi connectivity index (χ3v) is 2.92. The van der Waals surface area contributed by atoms with Gasteiger partial charge in [-0.05, 0) is 24.3 Å². The fourth-order valence-corrected chi connectivity index (χ4v) is 1.81. The summed E-state index contributed by atoms with van der Waals surface area (Å²) in [5, 5.41) is 11.9. The van der Waals surface area contributed by atoms with Gasteiger partial charge < -0.3 is 0 Å². The Kier molecular flexibility index (Phi) is 3.09. The molecule has 3 aromatic rings. The molecule has 0 N–H and O–H groups in total. The first-order valence-corrected chi connectivity index (χ1v) is 6.21. The lowest BCUT2D eigenvalue weighted by Gasteiger charge is -1.97. The smallest absolute Gasteiger partial charge is 0.245 e. The molecule has 0 saturated heterocycles. The average Bonchev–Trinajstić information content (AvgIpc) is 2.98. The number of hydrogen-bond donors (Lipinski definition) is 0. The van der Waals surface area contributed by atoms with E-state index in [1.54, 1.807) is 12.1 Å². The summed E-state index contributed by atoms with van der Waals surface area (Å²) < 4.78 is 0. The maximum Gasteiger partial charge on any atom is 0.245 e. The van der Waals surface area contributed by atoms with Crippen LogP contribution in [-0.2, 0) is 0 Å². The molecular formula is C15H12N4O. The number of aryl methyl sites for hydroxylation is 1. The molecule has 3 rings (SSSR count). The van der Waals surface area contributed by atoms with Crippen LogP contribution in [0.4, 0.5) is 0 Å². The number of nitrogens with zero attached hydrogens (tertiary/aromatic N) is 4. The Morgan fingerprint density at radius 2 is 1.70 bits per heavy atom. The van der Waals surface area contributed by atoms with Crippen molar-refractivity contribution in [1.82, 2.24) is 20.2 Å². The highest BCUT2D eigenvalue weighted by Gasteiger charge is 2.15. The Hall–Kier alpha value is -2.82. The Labute approximate surface area is 115 Å². The Morgan fingerprint density at radius 3 is 2.40 bits per heavy atom. The van der Waals surface area contributed by atoms with E-state index in [1.807, 2.05) is 49.4 Å². The van der Waals surface area contributed by atoms with E-state index in [9.17, 15) is 4.79 Å². The van der Waals surface area contributed by atoms with Gasteiger partial charge in [0.1, 0.15) is 0 Å². The van der Waals surface area contributed by atoms with Crippen molar-refractivity contribution in [2.24, 2.45) is 0 Å². The normalized spacial score (nSPS) is 10.4. The molecule has 0 atom stereocenters. The molecule has 0 aliphatic rings. The summed E-state index contributed by atoms with van der Waals surface area (Å²) in [6.07, 6.45) is 0. The second-order valence-corrected chi connectivity index (χ2v) is 4.43. The molecule has 0 amide bonds. The van der Waals surface area contributed by atoms with E-state index in [4.69, 9.17) is 0 Å². The van der Waals surface area contributed by atoms with Crippen LogP contribution in [0.15, 0.2) is 54.6 Å². The van der Waals surface area contributed by atoms with Crippen molar-refractivity contribution < 1.29 is 4.79 Å². The summed E-state index contributed by atoms with van der Waals surface area (Å²) in [4.78, 5) is 13.6. The lowest BCUT2D eigenvalue weighted by atomic mass is 10.1. The van der Waals surface area contributed by atoms with Gasteiger partial charge in [0.25, 0.3) is 0 Å².